The van der Waals surface area contributed by atoms with Crippen LogP contribution in [0.15, 0.2) is 12.5 Å². The molecule has 0 amide bonds. The molecular formula is C14H21N5O2. The number of aryl methyl sites for hydroxylation is 2. The molecule has 0 aliphatic carbocycles. The minimum Gasteiger partial charge on any atom is -0.481 e. The summed E-state index contributed by atoms with van der Waals surface area (Å²) in [6.45, 7) is 3.38. The van der Waals surface area contributed by atoms with Gasteiger partial charge in [0.1, 0.15) is 6.33 Å². The van der Waals surface area contributed by atoms with Gasteiger partial charge in [-0.2, -0.15) is 5.10 Å². The highest BCUT2D eigenvalue weighted by Crippen LogP contribution is 2.23. The van der Waals surface area contributed by atoms with Crippen LogP contribution in [0.4, 0.5) is 0 Å². The normalized spacial score (nSPS) is 10.7. The van der Waals surface area contributed by atoms with E-state index in [1.165, 1.54) is 11.9 Å². The summed E-state index contributed by atoms with van der Waals surface area (Å²) in [7, 11) is 5.10. The number of rotatable bonds is 7. The first-order chi connectivity index (χ1) is 10.2. The zero-order chi connectivity index (χ0) is 15.2. The molecule has 1 N–H and O–H groups in total. The summed E-state index contributed by atoms with van der Waals surface area (Å²) in [4.78, 5) is 8.20. The summed E-state index contributed by atoms with van der Waals surface area (Å²) < 4.78 is 12.3. The number of methoxy groups -OCH3 is 2. The zero-order valence-electron chi connectivity index (χ0n) is 12.9. The molecule has 2 aromatic rings. The smallest absolute Gasteiger partial charge is 0.224 e. The summed E-state index contributed by atoms with van der Waals surface area (Å²) in [6.07, 6.45) is 4.37. The summed E-state index contributed by atoms with van der Waals surface area (Å²) in [6, 6.07) is 0. The van der Waals surface area contributed by atoms with Gasteiger partial charge in [0.05, 0.1) is 25.5 Å². The Bertz CT molecular complexity index is 575. The van der Waals surface area contributed by atoms with E-state index in [0.29, 0.717) is 18.3 Å². The van der Waals surface area contributed by atoms with Crippen LogP contribution in [0.5, 0.6) is 11.8 Å². The van der Waals surface area contributed by atoms with Gasteiger partial charge in [-0.15, -0.1) is 0 Å². The fourth-order valence-corrected chi connectivity index (χ4v) is 2.24. The molecule has 0 aliphatic rings. The Labute approximate surface area is 124 Å². The average Bonchev–Trinajstić information content (AvgIpc) is 2.87. The Kier molecular flexibility index (Phi) is 5.10. The van der Waals surface area contributed by atoms with Crippen molar-refractivity contribution in [3.8, 4) is 11.8 Å². The number of nitrogens with one attached hydrogen (secondary N) is 1. The van der Waals surface area contributed by atoms with Crippen LogP contribution < -0.4 is 14.8 Å². The van der Waals surface area contributed by atoms with E-state index in [4.69, 9.17) is 9.47 Å². The molecule has 0 unspecified atom stereocenters. The maximum absolute atomic E-state index is 5.25. The lowest BCUT2D eigenvalue weighted by Crippen LogP contribution is -2.15. The molecule has 0 aromatic carbocycles. The first kappa shape index (κ1) is 15.2. The Hall–Kier alpha value is -2.15. The van der Waals surface area contributed by atoms with Crippen LogP contribution in [0.1, 0.15) is 23.7 Å². The van der Waals surface area contributed by atoms with E-state index in [-0.39, 0.29) is 0 Å². The van der Waals surface area contributed by atoms with Gasteiger partial charge < -0.3 is 14.8 Å². The van der Waals surface area contributed by atoms with E-state index in [1.54, 1.807) is 14.2 Å². The van der Waals surface area contributed by atoms with Gasteiger partial charge in [0.25, 0.3) is 0 Å². The monoisotopic (exact) mass is 291 g/mol. The molecule has 2 rings (SSSR count). The maximum Gasteiger partial charge on any atom is 0.224 e. The van der Waals surface area contributed by atoms with Crippen molar-refractivity contribution >= 4 is 0 Å². The van der Waals surface area contributed by atoms with Crippen molar-refractivity contribution in [2.45, 2.75) is 26.4 Å². The average molecular weight is 291 g/mol. The highest BCUT2D eigenvalue weighted by molar-refractivity contribution is 5.34. The van der Waals surface area contributed by atoms with Crippen LogP contribution in [0.2, 0.25) is 0 Å². The molecule has 7 nitrogen and oxygen atoms in total. The molecular weight excluding hydrogens is 270 g/mol. The largest absolute Gasteiger partial charge is 0.481 e. The second kappa shape index (κ2) is 7.03. The van der Waals surface area contributed by atoms with Gasteiger partial charge in [-0.25, -0.2) is 9.97 Å². The van der Waals surface area contributed by atoms with Crippen LogP contribution >= 0.6 is 0 Å². The second-order valence-corrected chi connectivity index (χ2v) is 4.60. The van der Waals surface area contributed by atoms with Gasteiger partial charge in [-0.05, 0) is 6.42 Å². The fourth-order valence-electron chi connectivity index (χ4n) is 2.24. The summed E-state index contributed by atoms with van der Waals surface area (Å²) in [5.74, 6) is 1.05. The van der Waals surface area contributed by atoms with Crippen molar-refractivity contribution < 1.29 is 9.47 Å². The minimum absolute atomic E-state index is 0.524. The topological polar surface area (TPSA) is 74.1 Å². The van der Waals surface area contributed by atoms with Crippen LogP contribution in [-0.4, -0.2) is 34.0 Å². The molecule has 0 atom stereocenters. The van der Waals surface area contributed by atoms with Crippen LogP contribution in [-0.2, 0) is 26.6 Å². The molecule has 0 saturated heterocycles. The standard InChI is InChI=1S/C14H21N5O2/c1-5-12-10(8-19(2)18-12)6-15-7-11-13(20-3)16-9-17-14(11)21-4/h8-9,15H,5-7H2,1-4H3. The predicted octanol–water partition coefficient (Wildman–Crippen LogP) is 1.08. The molecule has 21 heavy (non-hydrogen) atoms. The van der Waals surface area contributed by atoms with Crippen LogP contribution in [0, 0.1) is 0 Å². The Morgan fingerprint density at radius 1 is 1.14 bits per heavy atom. The number of nitrogens with zero attached hydrogens (tertiary/aromatic N) is 4. The van der Waals surface area contributed by atoms with E-state index < -0.39 is 0 Å². The van der Waals surface area contributed by atoms with Gasteiger partial charge in [0, 0.05) is 31.9 Å². The van der Waals surface area contributed by atoms with Gasteiger partial charge >= 0.3 is 0 Å². The quantitative estimate of drug-likeness (QED) is 0.823. The van der Waals surface area contributed by atoms with Crippen molar-refractivity contribution in [1.29, 1.82) is 0 Å². The third kappa shape index (κ3) is 3.49. The molecule has 0 radical (unpaired) electrons. The highest BCUT2D eigenvalue weighted by atomic mass is 16.5. The Balaban J connectivity index is 2.06. The summed E-state index contributed by atoms with van der Waals surface area (Å²) in [5.41, 5.74) is 3.10. The third-order valence-corrected chi connectivity index (χ3v) is 3.20. The first-order valence-corrected chi connectivity index (χ1v) is 6.83. The van der Waals surface area contributed by atoms with Crippen molar-refractivity contribution in [3.63, 3.8) is 0 Å². The lowest BCUT2D eigenvalue weighted by atomic mass is 10.2. The van der Waals surface area contributed by atoms with Gasteiger partial charge in [0.2, 0.25) is 11.8 Å². The maximum atomic E-state index is 5.25. The summed E-state index contributed by atoms with van der Waals surface area (Å²) >= 11 is 0. The van der Waals surface area contributed by atoms with Crippen LogP contribution in [0.25, 0.3) is 0 Å². The summed E-state index contributed by atoms with van der Waals surface area (Å²) in [5, 5.41) is 7.79. The van der Waals surface area contributed by atoms with Gasteiger partial charge in [0.15, 0.2) is 0 Å². The Morgan fingerprint density at radius 3 is 2.38 bits per heavy atom. The number of ether oxygens (including phenoxy) is 2. The van der Waals surface area contributed by atoms with Crippen molar-refractivity contribution in [2.24, 2.45) is 7.05 Å². The number of aromatic nitrogens is 4. The Morgan fingerprint density at radius 2 is 1.81 bits per heavy atom. The van der Waals surface area contributed by atoms with E-state index in [0.717, 1.165) is 24.2 Å². The van der Waals surface area contributed by atoms with E-state index in [2.05, 4.69) is 27.3 Å². The van der Waals surface area contributed by atoms with Crippen LogP contribution in [0.3, 0.4) is 0 Å². The van der Waals surface area contributed by atoms with E-state index in [1.807, 2.05) is 17.9 Å². The highest BCUT2D eigenvalue weighted by Gasteiger charge is 2.13. The van der Waals surface area contributed by atoms with Crippen molar-refractivity contribution in [3.05, 3.63) is 29.3 Å². The SMILES string of the molecule is CCc1nn(C)cc1CNCc1c(OC)ncnc1OC. The molecule has 114 valence electrons. The number of hydrogen-bond acceptors (Lipinski definition) is 6. The molecule has 0 aliphatic heterocycles. The number of hydrogen-bond donors (Lipinski definition) is 1. The van der Waals surface area contributed by atoms with Crippen molar-refractivity contribution in [2.75, 3.05) is 14.2 Å². The lowest BCUT2D eigenvalue weighted by Gasteiger charge is -2.11. The molecule has 0 saturated carbocycles. The molecule has 0 spiro atoms. The van der Waals surface area contributed by atoms with E-state index in [9.17, 15) is 0 Å². The molecule has 0 fully saturated rings. The first-order valence-electron chi connectivity index (χ1n) is 6.83. The van der Waals surface area contributed by atoms with Gasteiger partial charge in [-0.3, -0.25) is 4.68 Å². The molecule has 7 heteroatoms. The van der Waals surface area contributed by atoms with E-state index >= 15 is 0 Å². The third-order valence-electron chi connectivity index (χ3n) is 3.20. The molecule has 2 heterocycles. The predicted molar refractivity (Wildman–Crippen MR) is 78.3 cm³/mol. The zero-order valence-corrected chi connectivity index (χ0v) is 12.9. The fraction of sp³-hybridized carbons (Fsp3) is 0.500. The van der Waals surface area contributed by atoms with Crippen molar-refractivity contribution in [1.82, 2.24) is 25.1 Å². The molecule has 2 aromatic heterocycles. The van der Waals surface area contributed by atoms with Gasteiger partial charge in [-0.1, -0.05) is 6.92 Å². The lowest BCUT2D eigenvalue weighted by molar-refractivity contribution is 0.359. The second-order valence-electron chi connectivity index (χ2n) is 4.60. The molecule has 0 bridgehead atoms. The minimum atomic E-state index is 0.524.